The van der Waals surface area contributed by atoms with Crippen molar-refractivity contribution in [3.05, 3.63) is 18.6 Å². The third kappa shape index (κ3) is 2.91. The van der Waals surface area contributed by atoms with Crippen LogP contribution in [0.25, 0.3) is 11.0 Å². The summed E-state index contributed by atoms with van der Waals surface area (Å²) < 4.78 is 47.5. The highest BCUT2D eigenvalue weighted by Crippen LogP contribution is 2.19. The van der Waals surface area contributed by atoms with E-state index in [9.17, 15) is 16.8 Å². The third-order valence-electron chi connectivity index (χ3n) is 2.54. The summed E-state index contributed by atoms with van der Waals surface area (Å²) in [5, 5.41) is 4.58. The lowest BCUT2D eigenvalue weighted by atomic mass is 10.4. The average Bonchev–Trinajstić information content (AvgIpc) is 2.68. The largest absolute Gasteiger partial charge is 0.334 e. The van der Waals surface area contributed by atoms with Gasteiger partial charge in [-0.25, -0.2) is 31.9 Å². The maximum atomic E-state index is 12.1. The first-order valence-corrected chi connectivity index (χ1v) is 8.57. The first-order valence-electron chi connectivity index (χ1n) is 5.20. The van der Waals surface area contributed by atoms with Crippen molar-refractivity contribution in [2.24, 2.45) is 12.2 Å². The fraction of sp³-hybridized carbons (Fsp3) is 0.333. The molecule has 0 unspecified atom stereocenters. The van der Waals surface area contributed by atoms with Crippen LogP contribution in [0.15, 0.2) is 23.6 Å². The summed E-state index contributed by atoms with van der Waals surface area (Å²) in [6, 6.07) is 1.63. The fourth-order valence-corrected chi connectivity index (χ4v) is 4.26. The number of primary sulfonamides is 1. The minimum absolute atomic E-state index is 0.222. The van der Waals surface area contributed by atoms with Gasteiger partial charge >= 0.3 is 0 Å². The highest BCUT2D eigenvalue weighted by molar-refractivity contribution is 7.94. The lowest BCUT2D eigenvalue weighted by Crippen LogP contribution is -2.23. The molecule has 2 N–H and O–H groups in total. The molecule has 2 aromatic rings. The van der Waals surface area contributed by atoms with Gasteiger partial charge in [0.05, 0.1) is 23.3 Å². The van der Waals surface area contributed by atoms with Crippen LogP contribution in [0, 0.1) is 0 Å². The van der Waals surface area contributed by atoms with Crippen LogP contribution >= 0.6 is 0 Å². The van der Waals surface area contributed by atoms with Gasteiger partial charge in [-0.3, -0.25) is 0 Å². The van der Waals surface area contributed by atoms with E-state index in [0.717, 1.165) is 0 Å². The number of nitrogens with two attached hydrogens (primary N) is 1. The molecule has 0 spiro atoms. The Balaban J connectivity index is 2.49. The van der Waals surface area contributed by atoms with E-state index in [2.05, 4.69) is 9.97 Å². The Hall–Kier alpha value is -1.52. The second kappa shape index (κ2) is 4.54. The molecule has 8 nitrogen and oxygen atoms in total. The quantitative estimate of drug-likeness (QED) is 0.774. The Kier molecular flexibility index (Phi) is 3.32. The van der Waals surface area contributed by atoms with Gasteiger partial charge < -0.3 is 4.57 Å². The fourth-order valence-electron chi connectivity index (χ4n) is 1.59. The molecule has 104 valence electrons. The number of sulfonamides is 1. The van der Waals surface area contributed by atoms with Crippen molar-refractivity contribution >= 4 is 30.9 Å². The van der Waals surface area contributed by atoms with Crippen LogP contribution in [-0.4, -0.2) is 42.9 Å². The number of hydrogen-bond acceptors (Lipinski definition) is 6. The third-order valence-corrected chi connectivity index (χ3v) is 5.20. The topological polar surface area (TPSA) is 125 Å². The normalized spacial score (nSPS) is 12.9. The van der Waals surface area contributed by atoms with Crippen molar-refractivity contribution < 1.29 is 16.8 Å². The molecule has 0 aliphatic carbocycles. The number of aromatic nitrogens is 3. The van der Waals surface area contributed by atoms with Crippen LogP contribution in [0.1, 0.15) is 0 Å². The maximum absolute atomic E-state index is 12.1. The van der Waals surface area contributed by atoms with E-state index >= 15 is 0 Å². The molecule has 2 rings (SSSR count). The van der Waals surface area contributed by atoms with Gasteiger partial charge in [0.2, 0.25) is 10.0 Å². The molecular formula is C9H12N4O4S2. The molecule has 19 heavy (non-hydrogen) atoms. The number of nitrogens with zero attached hydrogens (tertiary/aromatic N) is 3. The Morgan fingerprint density at radius 2 is 1.89 bits per heavy atom. The molecule has 10 heteroatoms. The van der Waals surface area contributed by atoms with Crippen LogP contribution < -0.4 is 5.14 Å². The van der Waals surface area contributed by atoms with E-state index in [0.29, 0.717) is 5.52 Å². The SMILES string of the molecule is Cn1cnc2c(S(=O)(=O)CCS(N)(=O)=O)nccc21. The molecule has 0 fully saturated rings. The zero-order chi connectivity index (χ0) is 14.3. The summed E-state index contributed by atoms with van der Waals surface area (Å²) in [7, 11) is -5.98. The highest BCUT2D eigenvalue weighted by Gasteiger charge is 2.23. The lowest BCUT2D eigenvalue weighted by Gasteiger charge is -2.03. The predicted molar refractivity (Wildman–Crippen MR) is 68.5 cm³/mol. The van der Waals surface area contributed by atoms with E-state index < -0.39 is 31.4 Å². The zero-order valence-corrected chi connectivity index (χ0v) is 11.6. The predicted octanol–water partition coefficient (Wildman–Crippen LogP) is -0.969. The monoisotopic (exact) mass is 304 g/mol. The van der Waals surface area contributed by atoms with Gasteiger partial charge in [-0.05, 0) is 6.07 Å². The zero-order valence-electron chi connectivity index (χ0n) is 10.0. The Morgan fingerprint density at radius 1 is 1.21 bits per heavy atom. The van der Waals surface area contributed by atoms with Crippen molar-refractivity contribution in [2.75, 3.05) is 11.5 Å². The van der Waals surface area contributed by atoms with Crippen molar-refractivity contribution in [1.29, 1.82) is 0 Å². The maximum Gasteiger partial charge on any atom is 0.210 e. The van der Waals surface area contributed by atoms with Crippen LogP contribution in [0.3, 0.4) is 0 Å². The molecule has 0 radical (unpaired) electrons. The Labute approximate surface area is 110 Å². The number of sulfone groups is 1. The molecular weight excluding hydrogens is 292 g/mol. The number of hydrogen-bond donors (Lipinski definition) is 1. The highest BCUT2D eigenvalue weighted by atomic mass is 32.2. The van der Waals surface area contributed by atoms with Gasteiger partial charge in [-0.15, -0.1) is 0 Å². The number of pyridine rings is 1. The molecule has 0 aromatic carbocycles. The first-order chi connectivity index (χ1) is 8.71. The van der Waals surface area contributed by atoms with E-state index in [1.165, 1.54) is 12.5 Å². The summed E-state index contributed by atoms with van der Waals surface area (Å²) in [6.45, 7) is 0. The van der Waals surface area contributed by atoms with Crippen LogP contribution in [0.4, 0.5) is 0 Å². The van der Waals surface area contributed by atoms with E-state index in [-0.39, 0.29) is 10.5 Å². The molecule has 0 bridgehead atoms. The molecule has 0 aliphatic rings. The number of imidazole rings is 1. The summed E-state index contributed by atoms with van der Waals surface area (Å²) >= 11 is 0. The van der Waals surface area contributed by atoms with Crippen molar-refractivity contribution in [2.45, 2.75) is 5.03 Å². The van der Waals surface area contributed by atoms with Gasteiger partial charge in [0.25, 0.3) is 0 Å². The molecule has 0 saturated carbocycles. The number of rotatable bonds is 4. The summed E-state index contributed by atoms with van der Waals surface area (Å²) in [5.41, 5.74) is 0.823. The standard InChI is InChI=1S/C9H12N4O4S2/c1-13-6-12-8-7(13)2-3-11-9(8)18(14,15)4-5-19(10,16)17/h2-3,6H,4-5H2,1H3,(H2,10,16,17). The van der Waals surface area contributed by atoms with Gasteiger partial charge in [-0.2, -0.15) is 0 Å². The van der Waals surface area contributed by atoms with Crippen molar-refractivity contribution in [3.8, 4) is 0 Å². The number of aryl methyl sites for hydroxylation is 1. The summed E-state index contributed by atoms with van der Waals surface area (Å²) in [4.78, 5) is 7.76. The molecule has 0 atom stereocenters. The van der Waals surface area contributed by atoms with E-state index in [4.69, 9.17) is 5.14 Å². The first kappa shape index (κ1) is 13.9. The van der Waals surface area contributed by atoms with Crippen LogP contribution in [-0.2, 0) is 26.9 Å². The van der Waals surface area contributed by atoms with E-state index in [1.54, 1.807) is 17.7 Å². The van der Waals surface area contributed by atoms with Crippen molar-refractivity contribution in [3.63, 3.8) is 0 Å². The minimum Gasteiger partial charge on any atom is -0.334 e. The van der Waals surface area contributed by atoms with E-state index in [1.807, 2.05) is 0 Å². The van der Waals surface area contributed by atoms with Gasteiger partial charge in [0.1, 0.15) is 5.52 Å². The second-order valence-corrected chi connectivity index (χ2v) is 7.78. The van der Waals surface area contributed by atoms with Gasteiger partial charge in [0, 0.05) is 13.2 Å². The number of fused-ring (bicyclic) bond motifs is 1. The summed E-state index contributed by atoms with van der Waals surface area (Å²) in [6.07, 6.45) is 2.80. The summed E-state index contributed by atoms with van der Waals surface area (Å²) in [5.74, 6) is -1.27. The van der Waals surface area contributed by atoms with Gasteiger partial charge in [-0.1, -0.05) is 0 Å². The minimum atomic E-state index is -3.85. The second-order valence-electron chi connectivity index (χ2n) is 4.03. The van der Waals surface area contributed by atoms with Crippen molar-refractivity contribution in [1.82, 2.24) is 14.5 Å². The van der Waals surface area contributed by atoms with Crippen LogP contribution in [0.5, 0.6) is 0 Å². The van der Waals surface area contributed by atoms with Gasteiger partial charge in [0.15, 0.2) is 14.9 Å². The lowest BCUT2D eigenvalue weighted by molar-refractivity contribution is 0.587. The molecule has 0 saturated heterocycles. The molecule has 0 aliphatic heterocycles. The molecule has 0 amide bonds. The van der Waals surface area contributed by atoms with Crippen LogP contribution in [0.2, 0.25) is 0 Å². The molecule has 2 heterocycles. The molecule has 2 aromatic heterocycles. The average molecular weight is 304 g/mol. The Bertz CT molecular complexity index is 823. The Morgan fingerprint density at radius 3 is 2.53 bits per heavy atom. The smallest absolute Gasteiger partial charge is 0.210 e.